The molecule has 1 aliphatic heterocycles. The lowest BCUT2D eigenvalue weighted by molar-refractivity contribution is 0.100. The number of rotatable bonds is 2. The molecule has 0 radical (unpaired) electrons. The number of hydrogen-bond acceptors (Lipinski definition) is 4. The number of hydrogen-bond donors (Lipinski definition) is 1. The third kappa shape index (κ3) is 1.82. The molecule has 0 spiro atoms. The Labute approximate surface area is 93.5 Å². The van der Waals surface area contributed by atoms with Gasteiger partial charge in [0.15, 0.2) is 0 Å². The van der Waals surface area contributed by atoms with Gasteiger partial charge in [-0.1, -0.05) is 0 Å². The first-order valence-corrected chi connectivity index (χ1v) is 5.17. The fraction of sp³-hybridized carbons (Fsp3) is 0.364. The molecule has 1 fully saturated rings. The van der Waals surface area contributed by atoms with E-state index in [0.717, 1.165) is 25.9 Å². The summed E-state index contributed by atoms with van der Waals surface area (Å²) in [7, 11) is 0. The van der Waals surface area contributed by atoms with E-state index in [1.54, 1.807) is 0 Å². The van der Waals surface area contributed by atoms with Crippen molar-refractivity contribution in [3.63, 3.8) is 0 Å². The molecule has 82 valence electrons. The fourth-order valence-electron chi connectivity index (χ4n) is 1.88. The summed E-state index contributed by atoms with van der Waals surface area (Å²) in [6.07, 6.45) is 3.67. The maximum Gasteiger partial charge on any atom is 0.252 e. The molecule has 16 heavy (non-hydrogen) atoms. The first kappa shape index (κ1) is 10.4. The molecule has 0 aliphatic carbocycles. The zero-order valence-corrected chi connectivity index (χ0v) is 8.81. The molecule has 2 N–H and O–H groups in total. The predicted molar refractivity (Wildman–Crippen MR) is 58.9 cm³/mol. The van der Waals surface area contributed by atoms with Gasteiger partial charge in [0.05, 0.1) is 11.1 Å². The molecule has 1 aromatic rings. The lowest BCUT2D eigenvalue weighted by Gasteiger charge is -2.18. The van der Waals surface area contributed by atoms with Gasteiger partial charge in [-0.15, -0.1) is 0 Å². The molecule has 1 aliphatic rings. The average molecular weight is 216 g/mol. The van der Waals surface area contributed by atoms with E-state index in [1.807, 2.05) is 11.0 Å². The maximum absolute atomic E-state index is 11.3. The van der Waals surface area contributed by atoms with E-state index in [0.29, 0.717) is 16.9 Å². The number of nitrogens with two attached hydrogens (primary N) is 1. The molecule has 1 amide bonds. The van der Waals surface area contributed by atoms with Gasteiger partial charge in [-0.3, -0.25) is 4.79 Å². The van der Waals surface area contributed by atoms with Gasteiger partial charge in [-0.25, -0.2) is 4.98 Å². The van der Waals surface area contributed by atoms with Gasteiger partial charge in [0.1, 0.15) is 11.9 Å². The van der Waals surface area contributed by atoms with Crippen LogP contribution in [0.25, 0.3) is 0 Å². The lowest BCUT2D eigenvalue weighted by Crippen LogP contribution is -2.24. The van der Waals surface area contributed by atoms with Crippen LogP contribution in [-0.2, 0) is 0 Å². The van der Waals surface area contributed by atoms with E-state index in [1.165, 1.54) is 12.3 Å². The highest BCUT2D eigenvalue weighted by Gasteiger charge is 2.19. The summed E-state index contributed by atoms with van der Waals surface area (Å²) in [6.45, 7) is 1.78. The zero-order valence-electron chi connectivity index (χ0n) is 8.81. The number of pyridine rings is 1. The number of carbonyl (C=O) groups is 1. The molecule has 1 aromatic heterocycles. The molecular weight excluding hydrogens is 204 g/mol. The van der Waals surface area contributed by atoms with Crippen LogP contribution in [0.5, 0.6) is 0 Å². The van der Waals surface area contributed by atoms with Crippen LogP contribution in [0, 0.1) is 11.3 Å². The van der Waals surface area contributed by atoms with Gasteiger partial charge < -0.3 is 10.6 Å². The first-order valence-electron chi connectivity index (χ1n) is 5.17. The minimum atomic E-state index is -0.536. The van der Waals surface area contributed by atoms with Gasteiger partial charge in [0.2, 0.25) is 0 Å². The zero-order chi connectivity index (χ0) is 11.5. The Balaban J connectivity index is 2.44. The van der Waals surface area contributed by atoms with Crippen LogP contribution in [0.4, 0.5) is 5.82 Å². The van der Waals surface area contributed by atoms with Crippen molar-refractivity contribution in [1.82, 2.24) is 4.98 Å². The normalized spacial score (nSPS) is 14.8. The Hall–Kier alpha value is -2.09. The summed E-state index contributed by atoms with van der Waals surface area (Å²) in [5.41, 5.74) is 5.98. The van der Waals surface area contributed by atoms with Crippen molar-refractivity contribution < 1.29 is 4.79 Å². The molecule has 2 rings (SSSR count). The van der Waals surface area contributed by atoms with Crippen LogP contribution in [0.1, 0.15) is 28.8 Å². The number of primary amides is 1. The van der Waals surface area contributed by atoms with Gasteiger partial charge in [0.25, 0.3) is 5.91 Å². The molecule has 0 aromatic carbocycles. The third-order valence-corrected chi connectivity index (χ3v) is 2.67. The van der Waals surface area contributed by atoms with Crippen molar-refractivity contribution in [2.24, 2.45) is 5.73 Å². The van der Waals surface area contributed by atoms with E-state index in [2.05, 4.69) is 4.98 Å². The van der Waals surface area contributed by atoms with E-state index in [-0.39, 0.29) is 0 Å². The van der Waals surface area contributed by atoms with Crippen molar-refractivity contribution in [2.45, 2.75) is 12.8 Å². The number of nitrogens with zero attached hydrogens (tertiary/aromatic N) is 3. The number of carbonyl (C=O) groups excluding carboxylic acids is 1. The summed E-state index contributed by atoms with van der Waals surface area (Å²) in [6, 6.07) is 3.45. The van der Waals surface area contributed by atoms with Crippen LogP contribution in [0.2, 0.25) is 0 Å². The second-order valence-corrected chi connectivity index (χ2v) is 3.77. The van der Waals surface area contributed by atoms with Crippen LogP contribution in [-0.4, -0.2) is 24.0 Å². The first-order chi connectivity index (χ1) is 7.72. The summed E-state index contributed by atoms with van der Waals surface area (Å²) < 4.78 is 0. The van der Waals surface area contributed by atoms with Gasteiger partial charge in [-0.2, -0.15) is 5.26 Å². The van der Waals surface area contributed by atoms with Crippen molar-refractivity contribution in [3.05, 3.63) is 23.4 Å². The molecule has 0 unspecified atom stereocenters. The average Bonchev–Trinajstić information content (AvgIpc) is 2.81. The Kier molecular flexibility index (Phi) is 2.73. The van der Waals surface area contributed by atoms with E-state index in [9.17, 15) is 4.79 Å². The molecule has 1 saturated heterocycles. The summed E-state index contributed by atoms with van der Waals surface area (Å²) in [5, 5.41) is 8.74. The smallest absolute Gasteiger partial charge is 0.252 e. The molecule has 0 bridgehead atoms. The minimum Gasteiger partial charge on any atom is -0.365 e. The Morgan fingerprint density at radius 3 is 2.75 bits per heavy atom. The fourth-order valence-corrected chi connectivity index (χ4v) is 1.88. The summed E-state index contributed by atoms with van der Waals surface area (Å²) in [4.78, 5) is 17.5. The second kappa shape index (κ2) is 4.19. The Morgan fingerprint density at radius 2 is 2.19 bits per heavy atom. The molecule has 0 atom stereocenters. The van der Waals surface area contributed by atoms with Crippen LogP contribution >= 0.6 is 0 Å². The van der Waals surface area contributed by atoms with Crippen LogP contribution in [0.3, 0.4) is 0 Å². The maximum atomic E-state index is 11.3. The number of amides is 1. The highest BCUT2D eigenvalue weighted by molar-refractivity contribution is 5.98. The monoisotopic (exact) mass is 216 g/mol. The largest absolute Gasteiger partial charge is 0.365 e. The van der Waals surface area contributed by atoms with Crippen molar-refractivity contribution in [3.8, 4) is 6.07 Å². The molecular formula is C11H12N4O. The molecule has 5 heteroatoms. The molecule has 0 saturated carbocycles. The third-order valence-electron chi connectivity index (χ3n) is 2.67. The lowest BCUT2D eigenvalue weighted by atomic mass is 10.2. The van der Waals surface area contributed by atoms with Crippen molar-refractivity contribution >= 4 is 11.7 Å². The van der Waals surface area contributed by atoms with Crippen molar-refractivity contribution in [1.29, 1.82) is 5.26 Å². The minimum absolute atomic E-state index is 0.334. The predicted octanol–water partition coefficient (Wildman–Crippen LogP) is 0.652. The van der Waals surface area contributed by atoms with Crippen LogP contribution in [0.15, 0.2) is 12.3 Å². The molecule has 2 heterocycles. The van der Waals surface area contributed by atoms with E-state index < -0.39 is 5.91 Å². The second-order valence-electron chi connectivity index (χ2n) is 3.77. The summed E-state index contributed by atoms with van der Waals surface area (Å²) in [5.74, 6) is 0.0653. The Bertz CT molecular complexity index is 458. The number of anilines is 1. The topological polar surface area (TPSA) is 83.0 Å². The van der Waals surface area contributed by atoms with Crippen molar-refractivity contribution in [2.75, 3.05) is 18.0 Å². The van der Waals surface area contributed by atoms with Gasteiger partial charge in [0, 0.05) is 19.3 Å². The highest BCUT2D eigenvalue weighted by atomic mass is 16.1. The molecule has 5 nitrogen and oxygen atoms in total. The number of aromatic nitrogens is 1. The highest BCUT2D eigenvalue weighted by Crippen LogP contribution is 2.22. The summed E-state index contributed by atoms with van der Waals surface area (Å²) >= 11 is 0. The van der Waals surface area contributed by atoms with E-state index >= 15 is 0 Å². The SMILES string of the molecule is N#Cc1cnc(N2CCCC2)c(C(N)=O)c1. The van der Waals surface area contributed by atoms with Gasteiger partial charge >= 0.3 is 0 Å². The number of nitriles is 1. The quantitative estimate of drug-likeness (QED) is 0.786. The van der Waals surface area contributed by atoms with Crippen LogP contribution < -0.4 is 10.6 Å². The van der Waals surface area contributed by atoms with E-state index in [4.69, 9.17) is 11.0 Å². The standard InChI is InChI=1S/C11H12N4O/c12-6-8-5-9(10(13)16)11(14-7-8)15-3-1-2-4-15/h5,7H,1-4H2,(H2,13,16). The van der Waals surface area contributed by atoms with Gasteiger partial charge in [-0.05, 0) is 18.9 Å². The Morgan fingerprint density at radius 1 is 1.50 bits per heavy atom.